The van der Waals surface area contributed by atoms with Crippen LogP contribution in [0.25, 0.3) is 0 Å². The fourth-order valence-electron chi connectivity index (χ4n) is 4.88. The number of urea groups is 1. The van der Waals surface area contributed by atoms with Gasteiger partial charge in [0, 0.05) is 20.1 Å². The fraction of sp³-hybridized carbons (Fsp3) is 0.400. The first-order valence-electron chi connectivity index (χ1n) is 11.9. The average Bonchev–Trinajstić information content (AvgIpc) is 2.81. The van der Waals surface area contributed by atoms with Gasteiger partial charge in [-0.25, -0.2) is 14.8 Å². The number of hydrogen-bond donors (Lipinski definition) is 1. The summed E-state index contributed by atoms with van der Waals surface area (Å²) in [5, 5.41) is 6.24. The topological polar surface area (TPSA) is 76.2 Å². The number of fused-ring (bicyclic) bond motifs is 1. The zero-order valence-corrected chi connectivity index (χ0v) is 20.1. The van der Waals surface area contributed by atoms with Gasteiger partial charge in [0.2, 0.25) is 11.8 Å². The van der Waals surface area contributed by atoms with Gasteiger partial charge in [-0.1, -0.05) is 73.4 Å². The Morgan fingerprint density at radius 1 is 1.09 bits per heavy atom. The zero-order valence-electron chi connectivity index (χ0n) is 20.1. The molecular weight excluding hydrogens is 429 g/mol. The predicted molar refractivity (Wildman–Crippen MR) is 133 cm³/mol. The Morgan fingerprint density at radius 3 is 2.53 bits per heavy atom. The van der Waals surface area contributed by atoms with Crippen LogP contribution in [0.15, 0.2) is 54.6 Å². The highest BCUT2D eigenvalue weighted by molar-refractivity contribution is 6.32. The number of nitrogens with one attached hydrogen (secondary N) is 1. The van der Waals surface area contributed by atoms with Crippen molar-refractivity contribution in [3.63, 3.8) is 0 Å². The Bertz CT molecular complexity index is 1050. The van der Waals surface area contributed by atoms with Crippen LogP contribution < -0.4 is 10.8 Å². The van der Waals surface area contributed by atoms with E-state index in [1.165, 1.54) is 0 Å². The maximum atomic E-state index is 13.5. The van der Waals surface area contributed by atoms with Gasteiger partial charge in [0.25, 0.3) is 0 Å². The lowest BCUT2D eigenvalue weighted by Gasteiger charge is -2.54. The Balaban J connectivity index is 1.59. The van der Waals surface area contributed by atoms with Gasteiger partial charge >= 0.3 is 6.03 Å². The van der Waals surface area contributed by atoms with Gasteiger partial charge in [-0.05, 0) is 17.5 Å². The molecule has 2 atom stereocenters. The molecule has 0 unspecified atom stereocenters. The third kappa shape index (κ3) is 4.94. The highest BCUT2D eigenvalue weighted by Crippen LogP contribution is 2.28. The second kappa shape index (κ2) is 10.3. The van der Waals surface area contributed by atoms with E-state index in [-0.39, 0.29) is 30.9 Å². The van der Waals surface area contributed by atoms with E-state index < -0.39 is 12.2 Å². The standard InChI is InChI=1S/C25H32BN5O3/c1-3-8-21-24(33)29(15-19-11-7-12-20(26)13-19)16-22-30(21)23(32)17-28(2)31(22)25(34)27-14-18-9-5-4-6-10-18/h4-7,9-13,21-22H,3,8,14-17,26H2,1-2H3,(H,27,34)/t21-,22-/m0/s1. The van der Waals surface area contributed by atoms with Crippen molar-refractivity contribution in [1.82, 2.24) is 25.1 Å². The molecular formula is C25H32BN5O3. The smallest absolute Gasteiger partial charge is 0.333 e. The van der Waals surface area contributed by atoms with E-state index in [1.807, 2.05) is 63.3 Å². The molecule has 0 radical (unpaired) electrons. The number of carbonyl (C=O) groups is 3. The first-order valence-corrected chi connectivity index (χ1v) is 11.9. The van der Waals surface area contributed by atoms with Gasteiger partial charge in [-0.15, -0.1) is 0 Å². The second-order valence-electron chi connectivity index (χ2n) is 9.10. The summed E-state index contributed by atoms with van der Waals surface area (Å²) < 4.78 is 0. The second-order valence-corrected chi connectivity index (χ2v) is 9.10. The number of piperazine rings is 1. The molecule has 2 heterocycles. The number of amides is 4. The van der Waals surface area contributed by atoms with E-state index >= 15 is 0 Å². The molecule has 34 heavy (non-hydrogen) atoms. The SMILES string of the molecule is Bc1cccc(CN2C[C@H]3N(C(=O)CN(C)N3C(=O)NCc3ccccc3)[C@@H](CCC)C2=O)c1. The minimum absolute atomic E-state index is 0.0536. The van der Waals surface area contributed by atoms with Crippen LogP contribution in [0.2, 0.25) is 0 Å². The van der Waals surface area contributed by atoms with Gasteiger partial charge in [0.05, 0.1) is 13.1 Å². The van der Waals surface area contributed by atoms with Crippen molar-refractivity contribution in [3.8, 4) is 0 Å². The fourth-order valence-corrected chi connectivity index (χ4v) is 4.88. The van der Waals surface area contributed by atoms with E-state index in [0.29, 0.717) is 19.5 Å². The van der Waals surface area contributed by atoms with Gasteiger partial charge in [0.1, 0.15) is 20.1 Å². The van der Waals surface area contributed by atoms with Crippen molar-refractivity contribution >= 4 is 31.2 Å². The summed E-state index contributed by atoms with van der Waals surface area (Å²) in [4.78, 5) is 43.3. The number of hydrazine groups is 1. The third-order valence-electron chi connectivity index (χ3n) is 6.45. The van der Waals surface area contributed by atoms with Crippen molar-refractivity contribution in [2.45, 2.75) is 45.1 Å². The van der Waals surface area contributed by atoms with E-state index in [4.69, 9.17) is 0 Å². The molecule has 2 fully saturated rings. The summed E-state index contributed by atoms with van der Waals surface area (Å²) in [6.07, 6.45) is 0.775. The third-order valence-corrected chi connectivity index (χ3v) is 6.45. The highest BCUT2D eigenvalue weighted by Gasteiger charge is 2.50. The molecule has 0 spiro atoms. The number of rotatable bonds is 6. The maximum absolute atomic E-state index is 13.5. The maximum Gasteiger partial charge on any atom is 0.334 e. The quantitative estimate of drug-likeness (QED) is 0.643. The van der Waals surface area contributed by atoms with E-state index in [9.17, 15) is 14.4 Å². The van der Waals surface area contributed by atoms with Crippen LogP contribution in [-0.4, -0.2) is 77.9 Å². The van der Waals surface area contributed by atoms with Gasteiger partial charge in [-0.2, -0.15) is 0 Å². The van der Waals surface area contributed by atoms with Crippen LogP contribution in [-0.2, 0) is 22.7 Å². The van der Waals surface area contributed by atoms with Crippen molar-refractivity contribution in [2.75, 3.05) is 20.1 Å². The Hall–Kier alpha value is -3.33. The van der Waals surface area contributed by atoms with Gasteiger partial charge in [0.15, 0.2) is 0 Å². The molecule has 0 bridgehead atoms. The largest absolute Gasteiger partial charge is 0.334 e. The lowest BCUT2D eigenvalue weighted by molar-refractivity contribution is -0.188. The molecule has 1 N–H and O–H groups in total. The molecule has 0 aromatic heterocycles. The molecule has 2 aromatic rings. The molecule has 2 aliphatic heterocycles. The molecule has 2 aliphatic rings. The Labute approximate surface area is 201 Å². The Kier molecular flexibility index (Phi) is 7.22. The zero-order chi connectivity index (χ0) is 24.2. The summed E-state index contributed by atoms with van der Waals surface area (Å²) in [5.74, 6) is -0.177. The number of benzene rings is 2. The minimum atomic E-state index is -0.570. The van der Waals surface area contributed by atoms with Crippen molar-refractivity contribution in [2.24, 2.45) is 0 Å². The monoisotopic (exact) mass is 461 g/mol. The van der Waals surface area contributed by atoms with Crippen LogP contribution in [0.4, 0.5) is 4.79 Å². The molecule has 2 saturated heterocycles. The van der Waals surface area contributed by atoms with Crippen LogP contribution in [0.1, 0.15) is 30.9 Å². The summed E-state index contributed by atoms with van der Waals surface area (Å²) in [5.41, 5.74) is 3.16. The van der Waals surface area contributed by atoms with Crippen LogP contribution >= 0.6 is 0 Å². The lowest BCUT2D eigenvalue weighted by Crippen LogP contribution is -2.75. The summed E-state index contributed by atoms with van der Waals surface area (Å²) in [7, 11) is 3.77. The van der Waals surface area contributed by atoms with Crippen LogP contribution in [0.5, 0.6) is 0 Å². The molecule has 2 aromatic carbocycles. The van der Waals surface area contributed by atoms with E-state index in [1.54, 1.807) is 26.9 Å². The molecule has 0 saturated carbocycles. The lowest BCUT2D eigenvalue weighted by atomic mass is 9.94. The highest BCUT2D eigenvalue weighted by atomic mass is 16.2. The van der Waals surface area contributed by atoms with Crippen LogP contribution in [0.3, 0.4) is 0 Å². The first-order chi connectivity index (χ1) is 16.4. The van der Waals surface area contributed by atoms with E-state index in [2.05, 4.69) is 11.4 Å². The van der Waals surface area contributed by atoms with Crippen molar-refractivity contribution in [3.05, 3.63) is 65.7 Å². The summed E-state index contributed by atoms with van der Waals surface area (Å²) >= 11 is 0. The van der Waals surface area contributed by atoms with Gasteiger partial charge in [-0.3, -0.25) is 9.59 Å². The molecule has 4 amide bonds. The average molecular weight is 461 g/mol. The predicted octanol–water partition coefficient (Wildman–Crippen LogP) is 0.683. The minimum Gasteiger partial charge on any atom is -0.333 e. The van der Waals surface area contributed by atoms with Crippen LogP contribution in [0, 0.1) is 0 Å². The van der Waals surface area contributed by atoms with Crippen molar-refractivity contribution < 1.29 is 14.4 Å². The summed E-state index contributed by atoms with van der Waals surface area (Å²) in [6.45, 7) is 3.16. The molecule has 8 nitrogen and oxygen atoms in total. The molecule has 0 aliphatic carbocycles. The van der Waals surface area contributed by atoms with E-state index in [0.717, 1.165) is 23.0 Å². The number of hydrogen-bond acceptors (Lipinski definition) is 4. The number of carbonyl (C=O) groups excluding carboxylic acids is 3. The molecule has 178 valence electrons. The normalized spacial score (nSPS) is 20.9. The summed E-state index contributed by atoms with van der Waals surface area (Å²) in [6, 6.07) is 16.9. The van der Waals surface area contributed by atoms with Gasteiger partial charge < -0.3 is 15.1 Å². The van der Waals surface area contributed by atoms with Crippen molar-refractivity contribution in [1.29, 1.82) is 0 Å². The molecule has 9 heteroatoms. The molecule has 4 rings (SSSR count). The Morgan fingerprint density at radius 2 is 1.82 bits per heavy atom. The first kappa shape index (κ1) is 23.8. The number of nitrogens with zero attached hydrogens (tertiary/aromatic N) is 4. The number of likely N-dealkylation sites (N-methyl/N-ethyl adjacent to an activating group) is 1.